The van der Waals surface area contributed by atoms with Crippen LogP contribution < -0.4 is 15.4 Å². The lowest BCUT2D eigenvalue weighted by atomic mass is 10.2. The summed E-state index contributed by atoms with van der Waals surface area (Å²) in [6.45, 7) is -0.155. The number of aliphatic imine (C=N–C) groups is 1. The number of halogens is 2. The third kappa shape index (κ3) is 5.50. The first-order valence-corrected chi connectivity index (χ1v) is 8.99. The number of pyridine rings is 1. The second-order valence-corrected chi connectivity index (χ2v) is 6.13. The molecule has 2 aromatic heterocycles. The Kier molecular flexibility index (Phi) is 6.72. The van der Waals surface area contributed by atoms with Crippen molar-refractivity contribution in [2.45, 2.75) is 26.6 Å². The summed E-state index contributed by atoms with van der Waals surface area (Å²) < 4.78 is 31.5. The number of nitrogens with zero attached hydrogens (tertiary/aromatic N) is 4. The first-order valence-electron chi connectivity index (χ1n) is 8.99. The zero-order valence-corrected chi connectivity index (χ0v) is 16.1. The first kappa shape index (κ1) is 20.2. The fourth-order valence-electron chi connectivity index (χ4n) is 2.73. The van der Waals surface area contributed by atoms with Gasteiger partial charge in [0, 0.05) is 44.3 Å². The van der Waals surface area contributed by atoms with Crippen LogP contribution in [0, 0.1) is 6.92 Å². The molecule has 0 atom stereocenters. The lowest BCUT2D eigenvalue weighted by Crippen LogP contribution is -2.36. The maximum absolute atomic E-state index is 12.5. The molecule has 0 radical (unpaired) electrons. The van der Waals surface area contributed by atoms with E-state index < -0.39 is 6.61 Å². The SMILES string of the molecule is CN=C(NCc1ccc(-n2ccnc2C)nc1)NCc1ccccc1OC(F)F. The first-order chi connectivity index (χ1) is 14.1. The number of guanidine groups is 1. The van der Waals surface area contributed by atoms with Crippen LogP contribution in [0.1, 0.15) is 17.0 Å². The second kappa shape index (κ2) is 9.63. The number of aromatic nitrogens is 3. The summed E-state index contributed by atoms with van der Waals surface area (Å²) >= 11 is 0. The van der Waals surface area contributed by atoms with Crippen LogP contribution in [0.4, 0.5) is 8.78 Å². The van der Waals surface area contributed by atoms with Crippen molar-refractivity contribution in [1.29, 1.82) is 0 Å². The monoisotopic (exact) mass is 400 g/mol. The van der Waals surface area contributed by atoms with Crippen LogP contribution in [0.2, 0.25) is 0 Å². The van der Waals surface area contributed by atoms with Crippen LogP contribution in [0.3, 0.4) is 0 Å². The number of rotatable bonds is 7. The number of hydrogen-bond donors (Lipinski definition) is 2. The number of hydrogen-bond acceptors (Lipinski definition) is 4. The number of alkyl halides is 2. The number of aryl methyl sites for hydroxylation is 1. The topological polar surface area (TPSA) is 76.4 Å². The lowest BCUT2D eigenvalue weighted by molar-refractivity contribution is -0.0504. The average molecular weight is 400 g/mol. The lowest BCUT2D eigenvalue weighted by Gasteiger charge is -2.14. The van der Waals surface area contributed by atoms with Crippen molar-refractivity contribution in [3.63, 3.8) is 0 Å². The van der Waals surface area contributed by atoms with E-state index in [1.54, 1.807) is 37.6 Å². The molecule has 7 nitrogen and oxygen atoms in total. The molecule has 2 N–H and O–H groups in total. The Bertz CT molecular complexity index is 956. The van der Waals surface area contributed by atoms with Gasteiger partial charge in [-0.1, -0.05) is 24.3 Å². The summed E-state index contributed by atoms with van der Waals surface area (Å²) in [5.41, 5.74) is 1.58. The molecule has 0 spiro atoms. The molecule has 0 fully saturated rings. The minimum absolute atomic E-state index is 0.139. The fourth-order valence-corrected chi connectivity index (χ4v) is 2.73. The highest BCUT2D eigenvalue weighted by molar-refractivity contribution is 5.79. The van der Waals surface area contributed by atoms with Gasteiger partial charge in [0.2, 0.25) is 0 Å². The molecule has 1 aromatic carbocycles. The van der Waals surface area contributed by atoms with E-state index in [1.165, 1.54) is 6.07 Å². The summed E-state index contributed by atoms with van der Waals surface area (Å²) in [5.74, 6) is 2.33. The molecule has 0 saturated heterocycles. The van der Waals surface area contributed by atoms with Gasteiger partial charge in [-0.3, -0.25) is 9.56 Å². The van der Waals surface area contributed by atoms with Crippen LogP contribution >= 0.6 is 0 Å². The largest absolute Gasteiger partial charge is 0.434 e. The minimum Gasteiger partial charge on any atom is -0.434 e. The molecule has 152 valence electrons. The Morgan fingerprint density at radius 1 is 1.14 bits per heavy atom. The van der Waals surface area contributed by atoms with E-state index >= 15 is 0 Å². The van der Waals surface area contributed by atoms with Crippen molar-refractivity contribution in [2.24, 2.45) is 4.99 Å². The highest BCUT2D eigenvalue weighted by Crippen LogP contribution is 2.19. The van der Waals surface area contributed by atoms with Crippen LogP contribution in [0.5, 0.6) is 5.75 Å². The zero-order valence-electron chi connectivity index (χ0n) is 16.1. The Labute approximate surface area is 167 Å². The van der Waals surface area contributed by atoms with Gasteiger partial charge in [0.25, 0.3) is 0 Å². The maximum atomic E-state index is 12.5. The van der Waals surface area contributed by atoms with Gasteiger partial charge in [-0.2, -0.15) is 8.78 Å². The van der Waals surface area contributed by atoms with Gasteiger partial charge >= 0.3 is 6.61 Å². The van der Waals surface area contributed by atoms with Crippen molar-refractivity contribution in [1.82, 2.24) is 25.2 Å². The van der Waals surface area contributed by atoms with Gasteiger partial charge in [-0.25, -0.2) is 9.97 Å². The molecule has 0 bridgehead atoms. The molecule has 9 heteroatoms. The number of ether oxygens (including phenoxy) is 1. The standard InChI is InChI=1S/C20H22F2N6O/c1-14-24-9-10-28(14)18-8-7-15(11-25-18)12-26-20(23-2)27-13-16-5-3-4-6-17(16)29-19(21)22/h3-11,19H,12-13H2,1-2H3,(H2,23,26,27). The molecule has 3 rings (SSSR count). The fraction of sp³-hybridized carbons (Fsp3) is 0.250. The third-order valence-electron chi connectivity index (χ3n) is 4.20. The van der Waals surface area contributed by atoms with Crippen LogP contribution in [0.25, 0.3) is 5.82 Å². The van der Waals surface area contributed by atoms with Gasteiger partial charge < -0.3 is 15.4 Å². The van der Waals surface area contributed by atoms with E-state index in [9.17, 15) is 8.78 Å². The molecule has 0 aliphatic carbocycles. The van der Waals surface area contributed by atoms with E-state index in [2.05, 4.69) is 30.3 Å². The molecule has 0 saturated carbocycles. The van der Waals surface area contributed by atoms with Crippen LogP contribution in [0.15, 0.2) is 60.0 Å². The molecule has 3 aromatic rings. The molecule has 29 heavy (non-hydrogen) atoms. The van der Waals surface area contributed by atoms with Crippen molar-refractivity contribution < 1.29 is 13.5 Å². The van der Waals surface area contributed by atoms with Crippen molar-refractivity contribution in [3.05, 3.63) is 71.9 Å². The van der Waals surface area contributed by atoms with Crippen LogP contribution in [-0.4, -0.2) is 34.2 Å². The second-order valence-electron chi connectivity index (χ2n) is 6.13. The van der Waals surface area contributed by atoms with E-state index in [0.717, 1.165) is 17.2 Å². The molecular formula is C20H22F2N6O. The number of nitrogens with one attached hydrogen (secondary N) is 2. The van der Waals surface area contributed by atoms with Crippen molar-refractivity contribution in [2.75, 3.05) is 7.05 Å². The predicted molar refractivity (Wildman–Crippen MR) is 106 cm³/mol. The van der Waals surface area contributed by atoms with Gasteiger partial charge in [0.15, 0.2) is 5.96 Å². The highest BCUT2D eigenvalue weighted by atomic mass is 19.3. The summed E-state index contributed by atoms with van der Waals surface area (Å²) in [4.78, 5) is 12.8. The van der Waals surface area contributed by atoms with E-state index in [-0.39, 0.29) is 5.75 Å². The predicted octanol–water partition coefficient (Wildman–Crippen LogP) is 3.04. The number of imidazole rings is 1. The highest BCUT2D eigenvalue weighted by Gasteiger charge is 2.09. The van der Waals surface area contributed by atoms with E-state index in [1.807, 2.05) is 29.8 Å². The Hall–Kier alpha value is -3.49. The van der Waals surface area contributed by atoms with Gasteiger partial charge in [-0.15, -0.1) is 0 Å². The van der Waals surface area contributed by atoms with E-state index in [0.29, 0.717) is 24.6 Å². The summed E-state index contributed by atoms with van der Waals surface area (Å²) in [6, 6.07) is 10.5. The maximum Gasteiger partial charge on any atom is 0.387 e. The third-order valence-corrected chi connectivity index (χ3v) is 4.20. The van der Waals surface area contributed by atoms with Gasteiger partial charge in [0.1, 0.15) is 17.4 Å². The van der Waals surface area contributed by atoms with Crippen LogP contribution in [-0.2, 0) is 13.1 Å². The Morgan fingerprint density at radius 3 is 2.59 bits per heavy atom. The molecule has 0 aliphatic heterocycles. The Balaban J connectivity index is 1.55. The number of benzene rings is 1. The summed E-state index contributed by atoms with van der Waals surface area (Å²) in [5, 5.41) is 6.26. The zero-order chi connectivity index (χ0) is 20.6. The van der Waals surface area contributed by atoms with Gasteiger partial charge in [-0.05, 0) is 24.6 Å². The molecule has 0 amide bonds. The summed E-state index contributed by atoms with van der Waals surface area (Å²) in [6.07, 6.45) is 5.37. The normalized spacial score (nSPS) is 11.6. The van der Waals surface area contributed by atoms with Gasteiger partial charge in [0.05, 0.1) is 0 Å². The summed E-state index contributed by atoms with van der Waals surface area (Å²) in [7, 11) is 1.64. The Morgan fingerprint density at radius 2 is 1.93 bits per heavy atom. The molecular weight excluding hydrogens is 378 g/mol. The number of para-hydroxylation sites is 1. The molecule has 0 aliphatic rings. The molecule has 2 heterocycles. The average Bonchev–Trinajstić information content (AvgIpc) is 3.15. The van der Waals surface area contributed by atoms with Crippen molar-refractivity contribution in [3.8, 4) is 11.6 Å². The molecule has 0 unspecified atom stereocenters. The minimum atomic E-state index is -2.87. The quantitative estimate of drug-likeness (QED) is 0.471. The van der Waals surface area contributed by atoms with Crippen molar-refractivity contribution >= 4 is 5.96 Å². The smallest absolute Gasteiger partial charge is 0.387 e. The van der Waals surface area contributed by atoms with E-state index in [4.69, 9.17) is 0 Å².